The molecule has 1 unspecified atom stereocenters. The van der Waals surface area contributed by atoms with Crippen molar-refractivity contribution in [1.29, 1.82) is 0 Å². The summed E-state index contributed by atoms with van der Waals surface area (Å²) in [5.41, 5.74) is 2.80. The summed E-state index contributed by atoms with van der Waals surface area (Å²) in [7, 11) is 0. The highest BCUT2D eigenvalue weighted by atomic mass is 16.1. The van der Waals surface area contributed by atoms with Crippen molar-refractivity contribution in [3.8, 4) is 0 Å². The smallest absolute Gasteiger partial charge is 0.121 e. The first-order valence-electron chi connectivity index (χ1n) is 5.39. The minimum Gasteiger partial charge on any atom is -0.303 e. The molecule has 0 bridgehead atoms. The zero-order chi connectivity index (χ0) is 10.9. The molecule has 0 heterocycles. The third kappa shape index (κ3) is 1.87. The van der Waals surface area contributed by atoms with Crippen LogP contribution in [-0.4, -0.2) is 6.29 Å². The molecule has 2 atom stereocenters. The molecule has 0 saturated heterocycles. The SMILES string of the molecule is CC(C1=C[C@]1(C)CC=O)c1ccccc1. The van der Waals surface area contributed by atoms with Gasteiger partial charge in [-0.3, -0.25) is 0 Å². The van der Waals surface area contributed by atoms with Gasteiger partial charge < -0.3 is 4.79 Å². The Morgan fingerprint density at radius 1 is 1.33 bits per heavy atom. The summed E-state index contributed by atoms with van der Waals surface area (Å²) in [6.45, 7) is 4.34. The summed E-state index contributed by atoms with van der Waals surface area (Å²) in [6, 6.07) is 10.4. The number of carbonyl (C=O) groups is 1. The summed E-state index contributed by atoms with van der Waals surface area (Å²) in [6.07, 6.45) is 3.86. The Kier molecular flexibility index (Phi) is 2.47. The summed E-state index contributed by atoms with van der Waals surface area (Å²) >= 11 is 0. The molecule has 15 heavy (non-hydrogen) atoms. The van der Waals surface area contributed by atoms with E-state index in [2.05, 4.69) is 44.2 Å². The van der Waals surface area contributed by atoms with Gasteiger partial charge in [0.15, 0.2) is 0 Å². The molecule has 1 heteroatoms. The molecule has 0 radical (unpaired) electrons. The van der Waals surface area contributed by atoms with Gasteiger partial charge in [-0.1, -0.05) is 55.8 Å². The molecule has 1 aromatic carbocycles. The van der Waals surface area contributed by atoms with Crippen LogP contribution in [-0.2, 0) is 4.79 Å². The van der Waals surface area contributed by atoms with Crippen molar-refractivity contribution in [2.75, 3.05) is 0 Å². The number of allylic oxidation sites excluding steroid dienone is 2. The molecule has 2 rings (SSSR count). The van der Waals surface area contributed by atoms with Crippen molar-refractivity contribution in [3.63, 3.8) is 0 Å². The Labute approximate surface area is 90.8 Å². The van der Waals surface area contributed by atoms with Crippen LogP contribution in [0.4, 0.5) is 0 Å². The fourth-order valence-electron chi connectivity index (χ4n) is 2.20. The van der Waals surface area contributed by atoms with Crippen molar-refractivity contribution in [2.24, 2.45) is 5.41 Å². The second-order valence-corrected chi connectivity index (χ2v) is 4.52. The van der Waals surface area contributed by atoms with Crippen LogP contribution in [0.2, 0.25) is 0 Å². The summed E-state index contributed by atoms with van der Waals surface area (Å²) in [5.74, 6) is 0.441. The maximum absolute atomic E-state index is 10.5. The lowest BCUT2D eigenvalue weighted by atomic mass is 9.89. The molecule has 0 aromatic heterocycles. The maximum Gasteiger partial charge on any atom is 0.121 e. The highest BCUT2D eigenvalue weighted by molar-refractivity contribution is 5.59. The zero-order valence-corrected chi connectivity index (χ0v) is 9.23. The highest BCUT2D eigenvalue weighted by Gasteiger charge is 2.41. The molecule has 78 valence electrons. The lowest BCUT2D eigenvalue weighted by molar-refractivity contribution is -0.108. The first-order chi connectivity index (χ1) is 7.17. The van der Waals surface area contributed by atoms with E-state index in [1.165, 1.54) is 11.1 Å². The average molecular weight is 200 g/mol. The lowest BCUT2D eigenvalue weighted by Gasteiger charge is -2.14. The number of rotatable bonds is 4. The van der Waals surface area contributed by atoms with Crippen LogP contribution >= 0.6 is 0 Å². The number of hydrogen-bond donors (Lipinski definition) is 0. The monoisotopic (exact) mass is 200 g/mol. The Bertz CT molecular complexity index is 391. The van der Waals surface area contributed by atoms with Crippen LogP contribution < -0.4 is 0 Å². The van der Waals surface area contributed by atoms with E-state index in [0.717, 1.165) is 6.29 Å². The zero-order valence-electron chi connectivity index (χ0n) is 9.23. The molecule has 0 fully saturated rings. The summed E-state index contributed by atoms with van der Waals surface area (Å²) in [5, 5.41) is 0. The van der Waals surface area contributed by atoms with Gasteiger partial charge in [-0.25, -0.2) is 0 Å². The van der Waals surface area contributed by atoms with Crippen LogP contribution in [0.25, 0.3) is 0 Å². The van der Waals surface area contributed by atoms with Crippen LogP contribution in [0.1, 0.15) is 31.7 Å². The van der Waals surface area contributed by atoms with Gasteiger partial charge in [0.25, 0.3) is 0 Å². The average Bonchev–Trinajstić information content (AvgIpc) is 2.91. The van der Waals surface area contributed by atoms with E-state index in [4.69, 9.17) is 0 Å². The van der Waals surface area contributed by atoms with Crippen molar-refractivity contribution in [2.45, 2.75) is 26.2 Å². The minimum atomic E-state index is 0.0665. The van der Waals surface area contributed by atoms with E-state index >= 15 is 0 Å². The largest absolute Gasteiger partial charge is 0.303 e. The number of aldehydes is 1. The first-order valence-corrected chi connectivity index (χ1v) is 5.39. The Balaban J connectivity index is 2.09. The standard InChI is InChI=1S/C14H16O/c1-11(12-6-4-3-5-7-12)13-10-14(13,2)8-9-15/h3-7,9-11H,8H2,1-2H3/t11?,14-/m0/s1. The number of benzene rings is 1. The molecule has 1 aromatic rings. The van der Waals surface area contributed by atoms with Gasteiger partial charge >= 0.3 is 0 Å². The summed E-state index contributed by atoms with van der Waals surface area (Å²) < 4.78 is 0. The van der Waals surface area contributed by atoms with E-state index in [1.807, 2.05) is 6.07 Å². The molecule has 0 saturated carbocycles. The molecule has 1 aliphatic rings. The van der Waals surface area contributed by atoms with Crippen LogP contribution in [0.3, 0.4) is 0 Å². The first kappa shape index (κ1) is 10.2. The van der Waals surface area contributed by atoms with Crippen molar-refractivity contribution >= 4 is 6.29 Å². The van der Waals surface area contributed by atoms with E-state index in [9.17, 15) is 4.79 Å². The molecule has 0 spiro atoms. The lowest BCUT2D eigenvalue weighted by Crippen LogP contribution is -2.04. The third-order valence-electron chi connectivity index (χ3n) is 3.32. The fourth-order valence-corrected chi connectivity index (χ4v) is 2.20. The molecule has 0 N–H and O–H groups in total. The summed E-state index contributed by atoms with van der Waals surface area (Å²) in [4.78, 5) is 10.5. The van der Waals surface area contributed by atoms with E-state index in [-0.39, 0.29) is 5.41 Å². The van der Waals surface area contributed by atoms with E-state index in [1.54, 1.807) is 0 Å². The molecular formula is C14H16O. The van der Waals surface area contributed by atoms with E-state index < -0.39 is 0 Å². The van der Waals surface area contributed by atoms with Crippen LogP contribution in [0.15, 0.2) is 42.0 Å². The van der Waals surface area contributed by atoms with Gasteiger partial charge in [-0.05, 0) is 5.56 Å². The maximum atomic E-state index is 10.5. The predicted octanol–water partition coefficient (Wildman–Crippen LogP) is 3.33. The Morgan fingerprint density at radius 3 is 2.60 bits per heavy atom. The Hall–Kier alpha value is -1.37. The fraction of sp³-hybridized carbons (Fsp3) is 0.357. The molecule has 0 aliphatic heterocycles. The minimum absolute atomic E-state index is 0.0665. The molecule has 1 aliphatic carbocycles. The van der Waals surface area contributed by atoms with Gasteiger partial charge in [0.1, 0.15) is 6.29 Å². The topological polar surface area (TPSA) is 17.1 Å². The molecule has 0 amide bonds. The van der Waals surface area contributed by atoms with E-state index in [0.29, 0.717) is 12.3 Å². The molecule has 1 nitrogen and oxygen atoms in total. The number of carbonyl (C=O) groups excluding carboxylic acids is 1. The van der Waals surface area contributed by atoms with Gasteiger partial charge in [-0.15, -0.1) is 0 Å². The van der Waals surface area contributed by atoms with Crippen LogP contribution in [0.5, 0.6) is 0 Å². The third-order valence-corrected chi connectivity index (χ3v) is 3.32. The van der Waals surface area contributed by atoms with Crippen LogP contribution in [0, 0.1) is 5.41 Å². The van der Waals surface area contributed by atoms with Gasteiger partial charge in [0.2, 0.25) is 0 Å². The van der Waals surface area contributed by atoms with Crippen molar-refractivity contribution in [1.82, 2.24) is 0 Å². The predicted molar refractivity (Wildman–Crippen MR) is 61.7 cm³/mol. The normalized spacial score (nSPS) is 25.6. The van der Waals surface area contributed by atoms with Gasteiger partial charge in [0, 0.05) is 17.8 Å². The molecular weight excluding hydrogens is 184 g/mol. The quantitative estimate of drug-likeness (QED) is 0.538. The van der Waals surface area contributed by atoms with Gasteiger partial charge in [0.05, 0.1) is 0 Å². The number of hydrogen-bond acceptors (Lipinski definition) is 1. The van der Waals surface area contributed by atoms with Gasteiger partial charge in [-0.2, -0.15) is 0 Å². The highest BCUT2D eigenvalue weighted by Crippen LogP contribution is 2.53. The second kappa shape index (κ2) is 3.65. The Morgan fingerprint density at radius 2 is 2.00 bits per heavy atom. The van der Waals surface area contributed by atoms with Crippen molar-refractivity contribution in [3.05, 3.63) is 47.5 Å². The second-order valence-electron chi connectivity index (χ2n) is 4.52. The van der Waals surface area contributed by atoms with Crippen molar-refractivity contribution < 1.29 is 4.79 Å².